The van der Waals surface area contributed by atoms with E-state index >= 15 is 0 Å². The number of fused-ring (bicyclic) bond motifs is 2. The lowest BCUT2D eigenvalue weighted by Gasteiger charge is -2.22. The highest BCUT2D eigenvalue weighted by Gasteiger charge is 2.29. The highest BCUT2D eigenvalue weighted by Crippen LogP contribution is 2.31. The van der Waals surface area contributed by atoms with Crippen molar-refractivity contribution in [1.29, 1.82) is 0 Å². The van der Waals surface area contributed by atoms with Gasteiger partial charge in [-0.1, -0.05) is 45.9 Å². The van der Waals surface area contributed by atoms with Crippen LogP contribution in [0.15, 0.2) is 56.9 Å². The van der Waals surface area contributed by atoms with Crippen LogP contribution in [0.1, 0.15) is 19.4 Å². The predicted molar refractivity (Wildman–Crippen MR) is 123 cm³/mol. The van der Waals surface area contributed by atoms with Gasteiger partial charge < -0.3 is 10.0 Å². The van der Waals surface area contributed by atoms with Crippen molar-refractivity contribution in [3.05, 3.63) is 62.9 Å². The lowest BCUT2D eigenvalue weighted by Crippen LogP contribution is -2.36. The lowest BCUT2D eigenvalue weighted by molar-refractivity contribution is -0.117. The SMILES string of the molecule is C[C@H](O)Cn1c(S[C@H](C)C(=O)N2CCc3ccccc32)nc2ccc(Br)cc2c1=O. The third-order valence-electron chi connectivity index (χ3n) is 5.11. The van der Waals surface area contributed by atoms with E-state index in [1.165, 1.54) is 21.9 Å². The molecule has 0 bridgehead atoms. The molecular formula is C22H22BrN3O3S. The molecule has 8 heteroatoms. The van der Waals surface area contributed by atoms with E-state index < -0.39 is 11.4 Å². The van der Waals surface area contributed by atoms with E-state index in [-0.39, 0.29) is 18.0 Å². The van der Waals surface area contributed by atoms with Crippen LogP contribution in [-0.4, -0.2) is 38.5 Å². The number of carbonyl (C=O) groups excluding carboxylic acids is 1. The Morgan fingerprint density at radius 1 is 1.27 bits per heavy atom. The van der Waals surface area contributed by atoms with Gasteiger partial charge in [0, 0.05) is 16.7 Å². The van der Waals surface area contributed by atoms with Crippen LogP contribution < -0.4 is 10.5 Å². The fourth-order valence-electron chi connectivity index (χ4n) is 3.68. The summed E-state index contributed by atoms with van der Waals surface area (Å²) in [5, 5.41) is 10.4. The molecule has 2 atom stereocenters. The summed E-state index contributed by atoms with van der Waals surface area (Å²) in [4.78, 5) is 32.7. The summed E-state index contributed by atoms with van der Waals surface area (Å²) in [5.41, 5.74) is 2.46. The summed E-state index contributed by atoms with van der Waals surface area (Å²) in [6.45, 7) is 4.23. The van der Waals surface area contributed by atoms with Gasteiger partial charge >= 0.3 is 0 Å². The molecule has 0 aliphatic carbocycles. The van der Waals surface area contributed by atoms with Crippen LogP contribution in [0.2, 0.25) is 0 Å². The molecule has 1 amide bonds. The molecule has 1 N–H and O–H groups in total. The standard InChI is InChI=1S/C22H22BrN3O3S/c1-13(27)12-26-21(29)17-11-16(23)7-8-18(17)24-22(26)30-14(2)20(28)25-10-9-15-5-3-4-6-19(15)25/h3-8,11,13-14,27H,9-10,12H2,1-2H3/t13-,14+/m0/s1. The van der Waals surface area contributed by atoms with E-state index in [4.69, 9.17) is 0 Å². The van der Waals surface area contributed by atoms with Crippen molar-refractivity contribution in [2.75, 3.05) is 11.4 Å². The van der Waals surface area contributed by atoms with Gasteiger partial charge in [-0.25, -0.2) is 4.98 Å². The van der Waals surface area contributed by atoms with Gasteiger partial charge in [0.05, 0.1) is 28.8 Å². The first-order valence-corrected chi connectivity index (χ1v) is 11.5. The van der Waals surface area contributed by atoms with E-state index in [2.05, 4.69) is 20.9 Å². The second-order valence-corrected chi connectivity index (χ2v) is 9.67. The van der Waals surface area contributed by atoms with Crippen molar-refractivity contribution < 1.29 is 9.90 Å². The van der Waals surface area contributed by atoms with Gasteiger partial charge in [-0.15, -0.1) is 0 Å². The Morgan fingerprint density at radius 3 is 2.80 bits per heavy atom. The normalized spacial score (nSPS) is 15.3. The van der Waals surface area contributed by atoms with Crippen LogP contribution in [0.5, 0.6) is 0 Å². The number of aliphatic hydroxyl groups is 1. The average molecular weight is 488 g/mol. The fourth-order valence-corrected chi connectivity index (χ4v) is 5.02. The first-order valence-electron chi connectivity index (χ1n) is 9.79. The number of para-hydroxylation sites is 1. The molecule has 4 rings (SSSR count). The van der Waals surface area contributed by atoms with Gasteiger partial charge in [-0.05, 0) is 50.1 Å². The predicted octanol–water partition coefficient (Wildman–Crippen LogP) is 3.61. The first kappa shape index (κ1) is 21.1. The third kappa shape index (κ3) is 4.04. The van der Waals surface area contributed by atoms with E-state index in [1.54, 1.807) is 19.1 Å². The Bertz CT molecular complexity index is 1180. The Labute approximate surface area is 187 Å². The number of aromatic nitrogens is 2. The topological polar surface area (TPSA) is 75.4 Å². The molecule has 0 spiro atoms. The number of rotatable bonds is 5. The van der Waals surface area contributed by atoms with Gasteiger partial charge in [-0.2, -0.15) is 0 Å². The molecule has 1 aliphatic heterocycles. The monoisotopic (exact) mass is 487 g/mol. The van der Waals surface area contributed by atoms with Gasteiger partial charge in [0.15, 0.2) is 5.16 Å². The zero-order valence-corrected chi connectivity index (χ0v) is 19.1. The van der Waals surface area contributed by atoms with Crippen LogP contribution in [0, 0.1) is 0 Å². The molecule has 0 unspecified atom stereocenters. The van der Waals surface area contributed by atoms with Crippen LogP contribution in [0.25, 0.3) is 10.9 Å². The number of halogens is 1. The minimum Gasteiger partial charge on any atom is -0.392 e. The number of carbonyl (C=O) groups is 1. The number of hydrogen-bond donors (Lipinski definition) is 1. The second-order valence-electron chi connectivity index (χ2n) is 7.45. The molecule has 2 heterocycles. The molecule has 2 aromatic carbocycles. The van der Waals surface area contributed by atoms with Gasteiger partial charge in [0.25, 0.3) is 5.56 Å². The summed E-state index contributed by atoms with van der Waals surface area (Å²) in [5.74, 6) is -0.0151. The molecule has 6 nitrogen and oxygen atoms in total. The summed E-state index contributed by atoms with van der Waals surface area (Å²) >= 11 is 4.64. The van der Waals surface area contributed by atoms with Crippen LogP contribution >= 0.6 is 27.7 Å². The van der Waals surface area contributed by atoms with E-state index in [9.17, 15) is 14.7 Å². The molecule has 1 aromatic heterocycles. The summed E-state index contributed by atoms with van der Waals surface area (Å²) in [6, 6.07) is 13.3. The van der Waals surface area contributed by atoms with Crippen molar-refractivity contribution in [3.63, 3.8) is 0 Å². The molecule has 156 valence electrons. The van der Waals surface area contributed by atoms with Crippen molar-refractivity contribution in [3.8, 4) is 0 Å². The fraction of sp³-hybridized carbons (Fsp3) is 0.318. The molecule has 0 saturated carbocycles. The average Bonchev–Trinajstić information content (AvgIpc) is 3.14. The lowest BCUT2D eigenvalue weighted by atomic mass is 10.2. The van der Waals surface area contributed by atoms with Crippen molar-refractivity contribution in [2.24, 2.45) is 0 Å². The molecule has 0 radical (unpaired) electrons. The number of benzene rings is 2. The molecule has 3 aromatic rings. The van der Waals surface area contributed by atoms with Gasteiger partial charge in [0.2, 0.25) is 5.91 Å². The van der Waals surface area contributed by atoms with Crippen molar-refractivity contribution in [1.82, 2.24) is 9.55 Å². The van der Waals surface area contributed by atoms with Crippen LogP contribution in [0.4, 0.5) is 5.69 Å². The van der Waals surface area contributed by atoms with Gasteiger partial charge in [-0.3, -0.25) is 14.2 Å². The zero-order valence-electron chi connectivity index (χ0n) is 16.7. The number of amides is 1. The highest BCUT2D eigenvalue weighted by molar-refractivity contribution is 9.10. The Morgan fingerprint density at radius 2 is 2.03 bits per heavy atom. The van der Waals surface area contributed by atoms with E-state index in [0.717, 1.165) is 16.6 Å². The van der Waals surface area contributed by atoms with Gasteiger partial charge in [0.1, 0.15) is 0 Å². The number of nitrogens with zero attached hydrogens (tertiary/aromatic N) is 3. The maximum absolute atomic E-state index is 13.2. The van der Waals surface area contributed by atoms with Crippen LogP contribution in [0.3, 0.4) is 0 Å². The van der Waals surface area contributed by atoms with Crippen molar-refractivity contribution in [2.45, 2.75) is 43.3 Å². The number of thioether (sulfide) groups is 1. The van der Waals surface area contributed by atoms with Crippen LogP contribution in [-0.2, 0) is 17.8 Å². The maximum Gasteiger partial charge on any atom is 0.262 e. The molecule has 30 heavy (non-hydrogen) atoms. The summed E-state index contributed by atoms with van der Waals surface area (Å²) in [7, 11) is 0. The summed E-state index contributed by atoms with van der Waals surface area (Å²) < 4.78 is 2.25. The summed E-state index contributed by atoms with van der Waals surface area (Å²) in [6.07, 6.45) is 0.125. The minimum absolute atomic E-state index is 0.0151. The molecule has 1 aliphatic rings. The third-order valence-corrected chi connectivity index (χ3v) is 6.68. The Hall–Kier alpha value is -2.16. The second kappa shape index (κ2) is 8.53. The quantitative estimate of drug-likeness (QED) is 0.439. The molecule has 0 fully saturated rings. The van der Waals surface area contributed by atoms with Crippen molar-refractivity contribution >= 4 is 50.2 Å². The maximum atomic E-state index is 13.2. The van der Waals surface area contributed by atoms with E-state index in [1.807, 2.05) is 42.2 Å². The number of aliphatic hydroxyl groups excluding tert-OH is 1. The number of anilines is 1. The number of hydrogen-bond acceptors (Lipinski definition) is 5. The van der Waals surface area contributed by atoms with E-state index in [0.29, 0.717) is 22.6 Å². The molecular weight excluding hydrogens is 466 g/mol. The highest BCUT2D eigenvalue weighted by atomic mass is 79.9. The Balaban J connectivity index is 1.68. The minimum atomic E-state index is -0.718. The molecule has 0 saturated heterocycles. The zero-order chi connectivity index (χ0) is 21.4. The Kier molecular flexibility index (Phi) is 5.99. The largest absolute Gasteiger partial charge is 0.392 e. The smallest absolute Gasteiger partial charge is 0.262 e. The first-order chi connectivity index (χ1) is 14.3.